The molecule has 0 bridgehead atoms. The summed E-state index contributed by atoms with van der Waals surface area (Å²) >= 11 is 0. The van der Waals surface area contributed by atoms with Crippen LogP contribution < -0.4 is 5.73 Å². The Labute approximate surface area is 85.5 Å². The van der Waals surface area contributed by atoms with Crippen LogP contribution in [0.15, 0.2) is 0 Å². The largest absolute Gasteiger partial charge is 0.481 e. The van der Waals surface area contributed by atoms with Gasteiger partial charge in [-0.05, 0) is 6.42 Å². The summed E-state index contributed by atoms with van der Waals surface area (Å²) in [7, 11) is 0. The van der Waals surface area contributed by atoms with Crippen molar-refractivity contribution in [2.24, 2.45) is 5.73 Å². The number of carbonyl (C=O) groups is 3. The van der Waals surface area contributed by atoms with Crippen molar-refractivity contribution in [2.75, 3.05) is 6.54 Å². The summed E-state index contributed by atoms with van der Waals surface area (Å²) in [6.45, 7) is 0.297. The van der Waals surface area contributed by atoms with Gasteiger partial charge in [-0.2, -0.15) is 0 Å². The summed E-state index contributed by atoms with van der Waals surface area (Å²) in [6, 6.07) is -1.90. The van der Waals surface area contributed by atoms with Gasteiger partial charge in [-0.3, -0.25) is 14.5 Å². The average molecular weight is 216 g/mol. The van der Waals surface area contributed by atoms with Gasteiger partial charge in [-0.15, -0.1) is 0 Å². The third kappa shape index (κ3) is 2.44. The normalized spacial score (nSPS) is 21.7. The van der Waals surface area contributed by atoms with Gasteiger partial charge in [0.05, 0.1) is 18.5 Å². The van der Waals surface area contributed by atoms with E-state index in [9.17, 15) is 14.4 Å². The van der Waals surface area contributed by atoms with E-state index in [1.807, 2.05) is 0 Å². The van der Waals surface area contributed by atoms with Crippen LogP contribution in [0.3, 0.4) is 0 Å². The lowest BCUT2D eigenvalue weighted by Crippen LogP contribution is -2.58. The molecule has 0 spiro atoms. The van der Waals surface area contributed by atoms with Gasteiger partial charge in [0.1, 0.15) is 0 Å². The highest BCUT2D eigenvalue weighted by Gasteiger charge is 2.39. The van der Waals surface area contributed by atoms with Crippen LogP contribution in [0.5, 0.6) is 0 Å². The highest BCUT2D eigenvalue weighted by atomic mass is 16.4. The molecule has 0 aromatic heterocycles. The summed E-state index contributed by atoms with van der Waals surface area (Å²) in [6.07, 6.45) is -1.23. The zero-order valence-electron chi connectivity index (χ0n) is 7.92. The maximum atomic E-state index is 11.5. The van der Waals surface area contributed by atoms with E-state index in [1.165, 1.54) is 0 Å². The van der Waals surface area contributed by atoms with E-state index >= 15 is 0 Å². The number of nitrogens with zero attached hydrogens (tertiary/aromatic N) is 1. The Bertz CT molecular complexity index is 303. The van der Waals surface area contributed by atoms with Gasteiger partial charge in [0.25, 0.3) is 0 Å². The number of nitrogens with two attached hydrogens (primary N) is 1. The molecule has 2 atom stereocenters. The Kier molecular flexibility index (Phi) is 3.25. The standard InChI is InChI=1S/C8H12N2O5/c9-4(3-6(11)12)7(13)5-1-2-10(5)8(14)15/h4-5H,1-3,9H2,(H,11,12)(H,14,15). The SMILES string of the molecule is NC(CC(=O)O)C(=O)C1CCN1C(=O)O. The Hall–Kier alpha value is -1.63. The van der Waals surface area contributed by atoms with Crippen molar-refractivity contribution in [1.29, 1.82) is 0 Å². The molecule has 0 aromatic carbocycles. The number of hydrogen-bond acceptors (Lipinski definition) is 4. The first-order valence-corrected chi connectivity index (χ1v) is 4.44. The Morgan fingerprint density at radius 3 is 2.33 bits per heavy atom. The second-order valence-electron chi connectivity index (χ2n) is 3.39. The lowest BCUT2D eigenvalue weighted by Gasteiger charge is -2.38. The summed E-state index contributed by atoms with van der Waals surface area (Å²) in [5, 5.41) is 17.1. The lowest BCUT2D eigenvalue weighted by atomic mass is 9.93. The van der Waals surface area contributed by atoms with Crippen LogP contribution in [0, 0.1) is 0 Å². The lowest BCUT2D eigenvalue weighted by molar-refractivity contribution is -0.140. The van der Waals surface area contributed by atoms with E-state index in [0.717, 1.165) is 4.90 Å². The molecule has 4 N–H and O–H groups in total. The molecule has 1 aliphatic heterocycles. The maximum Gasteiger partial charge on any atom is 0.407 e. The molecule has 2 unspecified atom stereocenters. The van der Waals surface area contributed by atoms with Gasteiger partial charge >= 0.3 is 12.1 Å². The first kappa shape index (κ1) is 11.4. The van der Waals surface area contributed by atoms with Gasteiger partial charge in [0.15, 0.2) is 5.78 Å². The van der Waals surface area contributed by atoms with Crippen molar-refractivity contribution in [3.63, 3.8) is 0 Å². The number of carbonyl (C=O) groups excluding carboxylic acids is 1. The van der Waals surface area contributed by atoms with Crippen LogP contribution in [-0.4, -0.2) is 51.6 Å². The van der Waals surface area contributed by atoms with Crippen LogP contribution in [0.4, 0.5) is 4.79 Å². The molecule has 0 saturated carbocycles. The summed E-state index contributed by atoms with van der Waals surface area (Å²) in [5.74, 6) is -1.69. The zero-order chi connectivity index (χ0) is 11.6. The molecular weight excluding hydrogens is 204 g/mol. The smallest absolute Gasteiger partial charge is 0.407 e. The number of likely N-dealkylation sites (tertiary alicyclic amines) is 1. The molecule has 84 valence electrons. The molecule has 0 aromatic rings. The zero-order valence-corrected chi connectivity index (χ0v) is 7.92. The fourth-order valence-electron chi connectivity index (χ4n) is 1.45. The number of carboxylic acid groups (broad SMARTS) is 2. The Morgan fingerprint density at radius 2 is 2.00 bits per heavy atom. The molecule has 15 heavy (non-hydrogen) atoms. The summed E-state index contributed by atoms with van der Waals surface area (Å²) in [5.41, 5.74) is 5.34. The van der Waals surface area contributed by atoms with Gasteiger partial charge in [-0.1, -0.05) is 0 Å². The quantitative estimate of drug-likeness (QED) is 0.560. The minimum atomic E-state index is -1.18. The minimum Gasteiger partial charge on any atom is -0.481 e. The number of amides is 1. The number of hydrogen-bond donors (Lipinski definition) is 3. The van der Waals surface area contributed by atoms with Crippen molar-refractivity contribution in [3.8, 4) is 0 Å². The molecule has 1 heterocycles. The van der Waals surface area contributed by atoms with Crippen LogP contribution in [0.1, 0.15) is 12.8 Å². The van der Waals surface area contributed by atoms with Gasteiger partial charge in [-0.25, -0.2) is 4.79 Å². The van der Waals surface area contributed by atoms with Crippen molar-refractivity contribution >= 4 is 17.8 Å². The fraction of sp³-hybridized carbons (Fsp3) is 0.625. The van der Waals surface area contributed by atoms with E-state index in [-0.39, 0.29) is 0 Å². The molecular formula is C8H12N2O5. The van der Waals surface area contributed by atoms with Gasteiger partial charge in [0.2, 0.25) is 0 Å². The van der Waals surface area contributed by atoms with Crippen LogP contribution >= 0.6 is 0 Å². The Morgan fingerprint density at radius 1 is 1.40 bits per heavy atom. The first-order valence-electron chi connectivity index (χ1n) is 4.44. The maximum absolute atomic E-state index is 11.5. The van der Waals surface area contributed by atoms with Crippen LogP contribution in [0.2, 0.25) is 0 Å². The molecule has 0 radical (unpaired) electrons. The summed E-state index contributed by atoms with van der Waals surface area (Å²) in [4.78, 5) is 33.3. The third-order valence-electron chi connectivity index (χ3n) is 2.35. The van der Waals surface area contributed by atoms with E-state index in [4.69, 9.17) is 15.9 Å². The summed E-state index contributed by atoms with van der Waals surface area (Å²) < 4.78 is 0. The van der Waals surface area contributed by atoms with Crippen molar-refractivity contribution in [3.05, 3.63) is 0 Å². The number of ketones is 1. The van der Waals surface area contributed by atoms with E-state index in [2.05, 4.69) is 0 Å². The highest BCUT2D eigenvalue weighted by Crippen LogP contribution is 2.19. The molecule has 7 heteroatoms. The predicted molar refractivity (Wildman–Crippen MR) is 48.4 cm³/mol. The van der Waals surface area contributed by atoms with Crippen molar-refractivity contribution in [1.82, 2.24) is 4.90 Å². The van der Waals surface area contributed by atoms with Gasteiger partial charge in [0, 0.05) is 6.54 Å². The predicted octanol–water partition coefficient (Wildman–Crippen LogP) is -0.890. The molecule has 1 aliphatic rings. The average Bonchev–Trinajstić information content (AvgIpc) is 1.99. The first-order chi connectivity index (χ1) is 6.93. The van der Waals surface area contributed by atoms with E-state index in [1.54, 1.807) is 0 Å². The molecule has 0 aliphatic carbocycles. The van der Waals surface area contributed by atoms with Crippen LogP contribution in [0.25, 0.3) is 0 Å². The number of aliphatic carboxylic acids is 1. The molecule has 1 amide bonds. The monoisotopic (exact) mass is 216 g/mol. The van der Waals surface area contributed by atoms with E-state index in [0.29, 0.717) is 13.0 Å². The Balaban J connectivity index is 2.53. The van der Waals surface area contributed by atoms with Gasteiger partial charge < -0.3 is 15.9 Å². The van der Waals surface area contributed by atoms with Crippen molar-refractivity contribution < 1.29 is 24.6 Å². The number of rotatable bonds is 4. The van der Waals surface area contributed by atoms with Crippen LogP contribution in [-0.2, 0) is 9.59 Å². The number of carboxylic acids is 1. The topological polar surface area (TPSA) is 121 Å². The highest BCUT2D eigenvalue weighted by molar-refractivity contribution is 5.94. The second kappa shape index (κ2) is 4.26. The third-order valence-corrected chi connectivity index (χ3v) is 2.35. The fourth-order valence-corrected chi connectivity index (χ4v) is 1.45. The van der Waals surface area contributed by atoms with Crippen molar-refractivity contribution in [2.45, 2.75) is 24.9 Å². The molecule has 1 fully saturated rings. The minimum absolute atomic E-state index is 0.297. The molecule has 1 rings (SSSR count). The van der Waals surface area contributed by atoms with E-state index < -0.39 is 36.4 Å². The second-order valence-corrected chi connectivity index (χ2v) is 3.39. The number of Topliss-reactive ketones (excluding diaryl/α,β-unsaturated/α-hetero) is 1. The molecule has 7 nitrogen and oxygen atoms in total. The molecule has 1 saturated heterocycles.